The highest BCUT2D eigenvalue weighted by Crippen LogP contribution is 2.15. The molecule has 0 saturated heterocycles. The fourth-order valence-corrected chi connectivity index (χ4v) is 1.90. The summed E-state index contributed by atoms with van der Waals surface area (Å²) >= 11 is 0. The van der Waals surface area contributed by atoms with E-state index in [0.29, 0.717) is 11.4 Å². The lowest BCUT2D eigenvalue weighted by Gasteiger charge is -2.12. The number of amides is 1. The Hall–Kier alpha value is -2.54. The van der Waals surface area contributed by atoms with Crippen molar-refractivity contribution in [1.29, 1.82) is 0 Å². The number of aromatic amines is 1. The van der Waals surface area contributed by atoms with Gasteiger partial charge in [-0.05, 0) is 19.9 Å². The first kappa shape index (κ1) is 15.8. The van der Waals surface area contributed by atoms with Crippen molar-refractivity contribution in [3.8, 4) is 0 Å². The molecule has 1 aromatic carbocycles. The van der Waals surface area contributed by atoms with Crippen LogP contribution in [0.5, 0.6) is 0 Å². The molecular weight excluding hydrogens is 289 g/mol. The van der Waals surface area contributed by atoms with Gasteiger partial charge in [-0.1, -0.05) is 18.2 Å². The lowest BCUT2D eigenvalue weighted by atomic mass is 10.1. The minimum atomic E-state index is -1.21. The molecule has 0 saturated carbocycles. The number of hydrogen-bond donors (Lipinski definition) is 3. The molecule has 6 nitrogen and oxygen atoms in total. The van der Waals surface area contributed by atoms with Crippen LogP contribution in [-0.2, 0) is 0 Å². The zero-order valence-electron chi connectivity index (χ0n) is 12.2. The maximum atomic E-state index is 13.5. The molecule has 7 heteroatoms. The highest BCUT2D eigenvalue weighted by Gasteiger charge is 2.17. The summed E-state index contributed by atoms with van der Waals surface area (Å²) in [4.78, 5) is 30.1. The molecule has 0 radical (unpaired) electrons. The summed E-state index contributed by atoms with van der Waals surface area (Å²) in [6.45, 7) is 3.11. The molecule has 22 heavy (non-hydrogen) atoms. The number of aliphatic hydroxyl groups excluding tert-OH is 1. The maximum absolute atomic E-state index is 13.5. The fraction of sp³-hybridized carbons (Fsp3) is 0.267. The largest absolute Gasteiger partial charge is 0.386 e. The topological polar surface area (TPSA) is 95.1 Å². The van der Waals surface area contributed by atoms with Gasteiger partial charge in [-0.3, -0.25) is 9.59 Å². The smallest absolute Gasteiger partial charge is 0.279 e. The molecule has 1 amide bonds. The van der Waals surface area contributed by atoms with Gasteiger partial charge in [-0.15, -0.1) is 0 Å². The summed E-state index contributed by atoms with van der Waals surface area (Å²) in [5, 5.41) is 12.3. The van der Waals surface area contributed by atoms with Crippen molar-refractivity contribution in [3.05, 3.63) is 63.1 Å². The molecule has 116 valence electrons. The minimum Gasteiger partial charge on any atom is -0.386 e. The van der Waals surface area contributed by atoms with E-state index in [4.69, 9.17) is 0 Å². The Labute approximate surface area is 126 Å². The van der Waals surface area contributed by atoms with Crippen LogP contribution in [0.3, 0.4) is 0 Å². The van der Waals surface area contributed by atoms with Gasteiger partial charge in [-0.2, -0.15) is 0 Å². The van der Waals surface area contributed by atoms with Gasteiger partial charge in [0.2, 0.25) is 0 Å². The zero-order valence-corrected chi connectivity index (χ0v) is 12.2. The van der Waals surface area contributed by atoms with E-state index in [-0.39, 0.29) is 17.8 Å². The summed E-state index contributed by atoms with van der Waals surface area (Å²) < 4.78 is 13.5. The summed E-state index contributed by atoms with van der Waals surface area (Å²) in [5.74, 6) is -1.29. The number of nitrogens with one attached hydrogen (secondary N) is 2. The van der Waals surface area contributed by atoms with Crippen molar-refractivity contribution in [1.82, 2.24) is 15.3 Å². The fourth-order valence-electron chi connectivity index (χ4n) is 1.90. The number of carbonyl (C=O) groups excluding carboxylic acids is 1. The predicted octanol–water partition coefficient (Wildman–Crippen LogP) is 0.989. The molecule has 1 unspecified atom stereocenters. The maximum Gasteiger partial charge on any atom is 0.279 e. The second-order valence-electron chi connectivity index (χ2n) is 4.87. The molecule has 1 aromatic heterocycles. The van der Waals surface area contributed by atoms with E-state index >= 15 is 0 Å². The predicted molar refractivity (Wildman–Crippen MR) is 78.0 cm³/mol. The highest BCUT2D eigenvalue weighted by atomic mass is 19.1. The minimum absolute atomic E-state index is 0.0738. The number of halogens is 1. The highest BCUT2D eigenvalue weighted by molar-refractivity contribution is 5.91. The quantitative estimate of drug-likeness (QED) is 0.785. The van der Waals surface area contributed by atoms with Crippen LogP contribution in [-0.4, -0.2) is 27.5 Å². The standard InChI is InChI=1S/C15H16FN3O3/c1-8-9(2)19-15(22)13(18-8)14(21)17-7-12(20)10-5-3-4-6-11(10)16/h3-6,12,20H,7H2,1-2H3,(H,17,21)(H,19,22). The lowest BCUT2D eigenvalue weighted by Crippen LogP contribution is -2.34. The molecule has 0 bridgehead atoms. The number of H-pyrrole nitrogens is 1. The summed E-state index contributed by atoms with van der Waals surface area (Å²) in [6, 6.07) is 5.73. The number of aromatic nitrogens is 2. The monoisotopic (exact) mass is 305 g/mol. The van der Waals surface area contributed by atoms with Crippen LogP contribution in [0.4, 0.5) is 4.39 Å². The third kappa shape index (κ3) is 3.37. The van der Waals surface area contributed by atoms with Crippen LogP contribution in [0.2, 0.25) is 0 Å². The molecule has 0 aliphatic rings. The van der Waals surface area contributed by atoms with Gasteiger partial charge in [0.1, 0.15) is 5.82 Å². The second-order valence-corrected chi connectivity index (χ2v) is 4.87. The zero-order chi connectivity index (χ0) is 16.3. The van der Waals surface area contributed by atoms with Gasteiger partial charge in [0.25, 0.3) is 11.5 Å². The van der Waals surface area contributed by atoms with E-state index in [1.54, 1.807) is 19.9 Å². The molecule has 1 heterocycles. The molecule has 0 spiro atoms. The van der Waals surface area contributed by atoms with Crippen molar-refractivity contribution in [3.63, 3.8) is 0 Å². The van der Waals surface area contributed by atoms with E-state index in [9.17, 15) is 19.1 Å². The van der Waals surface area contributed by atoms with Crippen LogP contribution >= 0.6 is 0 Å². The van der Waals surface area contributed by atoms with Gasteiger partial charge in [0.15, 0.2) is 5.69 Å². The van der Waals surface area contributed by atoms with Crippen molar-refractivity contribution in [2.45, 2.75) is 20.0 Å². The third-order valence-electron chi connectivity index (χ3n) is 3.27. The Balaban J connectivity index is 2.09. The Morgan fingerprint density at radius 3 is 2.77 bits per heavy atom. The number of aryl methyl sites for hydroxylation is 2. The van der Waals surface area contributed by atoms with E-state index in [0.717, 1.165) is 0 Å². The second kappa shape index (κ2) is 6.48. The normalized spacial score (nSPS) is 12.0. The van der Waals surface area contributed by atoms with Crippen LogP contribution < -0.4 is 10.9 Å². The van der Waals surface area contributed by atoms with Crippen LogP contribution in [0, 0.1) is 19.7 Å². The van der Waals surface area contributed by atoms with Crippen LogP contribution in [0.25, 0.3) is 0 Å². The van der Waals surface area contributed by atoms with E-state index in [2.05, 4.69) is 15.3 Å². The molecule has 2 aromatic rings. The molecule has 2 rings (SSSR count). The summed E-state index contributed by atoms with van der Waals surface area (Å²) in [6.07, 6.45) is -1.21. The molecule has 1 atom stereocenters. The number of carbonyl (C=O) groups is 1. The van der Waals surface area contributed by atoms with Gasteiger partial charge in [-0.25, -0.2) is 9.37 Å². The van der Waals surface area contributed by atoms with Crippen molar-refractivity contribution in [2.24, 2.45) is 0 Å². The average Bonchev–Trinajstić information content (AvgIpc) is 2.48. The molecule has 0 aliphatic heterocycles. The Kier molecular flexibility index (Phi) is 4.67. The van der Waals surface area contributed by atoms with Crippen molar-refractivity contribution < 1.29 is 14.3 Å². The first-order valence-electron chi connectivity index (χ1n) is 6.68. The summed E-state index contributed by atoms with van der Waals surface area (Å²) in [5.41, 5.74) is 0.280. The van der Waals surface area contributed by atoms with E-state index in [1.807, 2.05) is 0 Å². The van der Waals surface area contributed by atoms with Crippen LogP contribution in [0.15, 0.2) is 29.1 Å². The summed E-state index contributed by atoms with van der Waals surface area (Å²) in [7, 11) is 0. The molecule has 0 aliphatic carbocycles. The Morgan fingerprint density at radius 2 is 2.09 bits per heavy atom. The van der Waals surface area contributed by atoms with Crippen LogP contribution in [0.1, 0.15) is 33.5 Å². The van der Waals surface area contributed by atoms with Crippen molar-refractivity contribution in [2.75, 3.05) is 6.54 Å². The van der Waals surface area contributed by atoms with Gasteiger partial charge in [0, 0.05) is 17.8 Å². The third-order valence-corrected chi connectivity index (χ3v) is 3.27. The number of benzene rings is 1. The number of nitrogens with zero attached hydrogens (tertiary/aromatic N) is 1. The van der Waals surface area contributed by atoms with Gasteiger partial charge < -0.3 is 15.4 Å². The number of rotatable bonds is 4. The van der Waals surface area contributed by atoms with Gasteiger partial charge in [0.05, 0.1) is 11.8 Å². The van der Waals surface area contributed by atoms with Crippen molar-refractivity contribution >= 4 is 5.91 Å². The first-order chi connectivity index (χ1) is 10.4. The number of aliphatic hydroxyl groups is 1. The lowest BCUT2D eigenvalue weighted by molar-refractivity contribution is 0.0907. The number of hydrogen-bond acceptors (Lipinski definition) is 4. The van der Waals surface area contributed by atoms with Gasteiger partial charge >= 0.3 is 0 Å². The first-order valence-corrected chi connectivity index (χ1v) is 6.68. The van der Waals surface area contributed by atoms with E-state index in [1.165, 1.54) is 18.2 Å². The Bertz CT molecular complexity index is 758. The van der Waals surface area contributed by atoms with E-state index < -0.39 is 23.4 Å². The Morgan fingerprint density at radius 1 is 1.41 bits per heavy atom. The average molecular weight is 305 g/mol. The SMILES string of the molecule is Cc1nc(C(=O)NCC(O)c2ccccc2F)c(=O)[nH]c1C. The molecule has 3 N–H and O–H groups in total. The molecule has 0 fully saturated rings. The molecular formula is C15H16FN3O3.